The lowest BCUT2D eigenvalue weighted by Gasteiger charge is -2.14. The topological polar surface area (TPSA) is 45.2 Å². The molecule has 4 nitrogen and oxygen atoms in total. The third kappa shape index (κ3) is 3.05. The molecule has 2 amide bonds. The van der Waals surface area contributed by atoms with Crippen LogP contribution in [0.15, 0.2) is 24.4 Å². The number of carbonyl (C=O) groups excluding carboxylic acids is 1. The zero-order chi connectivity index (χ0) is 10.4. The number of nitrogens with zero attached hydrogens (tertiary/aromatic N) is 2. The smallest absolute Gasteiger partial charge is 0.317 e. The molecular weight excluding hydrogens is 178 g/mol. The zero-order valence-corrected chi connectivity index (χ0v) is 8.53. The maximum absolute atomic E-state index is 11.3. The number of aromatic nitrogens is 1. The number of amides is 2. The van der Waals surface area contributed by atoms with Gasteiger partial charge in [0.05, 0.1) is 12.2 Å². The average molecular weight is 193 g/mol. The van der Waals surface area contributed by atoms with Crippen LogP contribution in [0.2, 0.25) is 0 Å². The van der Waals surface area contributed by atoms with Crippen LogP contribution in [0, 0.1) is 0 Å². The van der Waals surface area contributed by atoms with E-state index in [-0.39, 0.29) is 6.03 Å². The molecule has 0 aliphatic rings. The first kappa shape index (κ1) is 10.5. The quantitative estimate of drug-likeness (QED) is 0.785. The highest BCUT2D eigenvalue weighted by molar-refractivity contribution is 5.73. The minimum Gasteiger partial charge on any atom is -0.332 e. The van der Waals surface area contributed by atoms with Gasteiger partial charge >= 0.3 is 6.03 Å². The van der Waals surface area contributed by atoms with Crippen LogP contribution >= 0.6 is 0 Å². The molecule has 4 heteroatoms. The number of rotatable bonds is 3. The van der Waals surface area contributed by atoms with Crippen LogP contribution in [0.3, 0.4) is 0 Å². The molecule has 0 saturated carbocycles. The summed E-state index contributed by atoms with van der Waals surface area (Å²) in [6.07, 6.45) is 1.71. The lowest BCUT2D eigenvalue weighted by molar-refractivity contribution is 0.210. The summed E-state index contributed by atoms with van der Waals surface area (Å²) in [5.74, 6) is 0. The Kier molecular flexibility index (Phi) is 3.91. The van der Waals surface area contributed by atoms with Gasteiger partial charge < -0.3 is 10.2 Å². The molecule has 1 N–H and O–H groups in total. The predicted molar refractivity (Wildman–Crippen MR) is 54.8 cm³/mol. The number of carbonyl (C=O) groups is 1. The summed E-state index contributed by atoms with van der Waals surface area (Å²) in [7, 11) is 1.76. The first-order chi connectivity index (χ1) is 6.74. The molecule has 1 rings (SSSR count). The second-order valence-corrected chi connectivity index (χ2v) is 2.99. The van der Waals surface area contributed by atoms with E-state index in [2.05, 4.69) is 10.3 Å². The van der Waals surface area contributed by atoms with Crippen molar-refractivity contribution in [2.45, 2.75) is 13.5 Å². The molecule has 14 heavy (non-hydrogen) atoms. The summed E-state index contributed by atoms with van der Waals surface area (Å²) in [5, 5.41) is 2.77. The number of hydrogen-bond donors (Lipinski definition) is 1. The van der Waals surface area contributed by atoms with E-state index in [9.17, 15) is 4.79 Å². The molecule has 0 aliphatic heterocycles. The van der Waals surface area contributed by atoms with Crippen LogP contribution in [-0.2, 0) is 6.54 Å². The lowest BCUT2D eigenvalue weighted by atomic mass is 10.3. The van der Waals surface area contributed by atoms with Crippen molar-refractivity contribution in [1.29, 1.82) is 0 Å². The van der Waals surface area contributed by atoms with Crippen molar-refractivity contribution in [3.05, 3.63) is 30.1 Å². The fraction of sp³-hybridized carbons (Fsp3) is 0.400. The van der Waals surface area contributed by atoms with Gasteiger partial charge in [0.15, 0.2) is 0 Å². The van der Waals surface area contributed by atoms with E-state index in [0.717, 1.165) is 5.69 Å². The van der Waals surface area contributed by atoms with Gasteiger partial charge in [0.2, 0.25) is 0 Å². The SMILES string of the molecule is CCN(C)C(=O)NCc1ccccn1. The van der Waals surface area contributed by atoms with Gasteiger partial charge in [0, 0.05) is 19.8 Å². The Labute approximate surface area is 83.9 Å². The molecule has 0 aromatic carbocycles. The molecule has 0 aliphatic carbocycles. The van der Waals surface area contributed by atoms with Crippen LogP contribution in [-0.4, -0.2) is 29.5 Å². The number of nitrogens with one attached hydrogen (secondary N) is 1. The maximum Gasteiger partial charge on any atom is 0.317 e. The highest BCUT2D eigenvalue weighted by atomic mass is 16.2. The molecule has 0 unspecified atom stereocenters. The second kappa shape index (κ2) is 5.21. The van der Waals surface area contributed by atoms with Crippen LogP contribution < -0.4 is 5.32 Å². The summed E-state index contributed by atoms with van der Waals surface area (Å²) in [5.41, 5.74) is 0.866. The Morgan fingerprint density at radius 1 is 1.57 bits per heavy atom. The molecule has 0 atom stereocenters. The summed E-state index contributed by atoms with van der Waals surface area (Å²) >= 11 is 0. The number of urea groups is 1. The van der Waals surface area contributed by atoms with Gasteiger partial charge in [0.1, 0.15) is 0 Å². The highest BCUT2D eigenvalue weighted by Gasteiger charge is 2.04. The second-order valence-electron chi connectivity index (χ2n) is 2.99. The van der Waals surface area contributed by atoms with Crippen molar-refractivity contribution < 1.29 is 4.79 Å². The third-order valence-corrected chi connectivity index (χ3v) is 1.97. The summed E-state index contributed by atoms with van der Waals surface area (Å²) < 4.78 is 0. The van der Waals surface area contributed by atoms with E-state index in [1.54, 1.807) is 18.1 Å². The predicted octanol–water partition coefficient (Wildman–Crippen LogP) is 1.24. The molecule has 1 heterocycles. The number of hydrogen-bond acceptors (Lipinski definition) is 2. The van der Waals surface area contributed by atoms with Gasteiger partial charge in [-0.15, -0.1) is 0 Å². The van der Waals surface area contributed by atoms with E-state index in [4.69, 9.17) is 0 Å². The largest absolute Gasteiger partial charge is 0.332 e. The van der Waals surface area contributed by atoms with Crippen molar-refractivity contribution in [3.8, 4) is 0 Å². The zero-order valence-electron chi connectivity index (χ0n) is 8.53. The molecule has 0 saturated heterocycles. The molecule has 0 bridgehead atoms. The average Bonchev–Trinajstić information content (AvgIpc) is 2.26. The minimum absolute atomic E-state index is 0.0712. The van der Waals surface area contributed by atoms with Crippen molar-refractivity contribution >= 4 is 6.03 Å². The fourth-order valence-corrected chi connectivity index (χ4v) is 0.947. The van der Waals surface area contributed by atoms with Crippen molar-refractivity contribution in [1.82, 2.24) is 15.2 Å². The molecule has 0 fully saturated rings. The van der Waals surface area contributed by atoms with Gasteiger partial charge in [-0.25, -0.2) is 4.79 Å². The highest BCUT2D eigenvalue weighted by Crippen LogP contribution is 1.92. The van der Waals surface area contributed by atoms with Crippen LogP contribution in [0.5, 0.6) is 0 Å². The van der Waals surface area contributed by atoms with Crippen molar-refractivity contribution in [3.63, 3.8) is 0 Å². The van der Waals surface area contributed by atoms with Crippen LogP contribution in [0.1, 0.15) is 12.6 Å². The van der Waals surface area contributed by atoms with E-state index in [1.165, 1.54) is 0 Å². The summed E-state index contributed by atoms with van der Waals surface area (Å²) in [6.45, 7) is 3.11. The van der Waals surface area contributed by atoms with Crippen molar-refractivity contribution in [2.75, 3.05) is 13.6 Å². The molecule has 1 aromatic rings. The fourth-order valence-electron chi connectivity index (χ4n) is 0.947. The van der Waals surface area contributed by atoms with E-state index >= 15 is 0 Å². The van der Waals surface area contributed by atoms with Gasteiger partial charge in [-0.2, -0.15) is 0 Å². The third-order valence-electron chi connectivity index (χ3n) is 1.97. The van der Waals surface area contributed by atoms with Crippen LogP contribution in [0.4, 0.5) is 4.79 Å². The van der Waals surface area contributed by atoms with E-state index in [0.29, 0.717) is 13.1 Å². The lowest BCUT2D eigenvalue weighted by Crippen LogP contribution is -2.36. The standard InChI is InChI=1S/C10H15N3O/c1-3-13(2)10(14)12-8-9-6-4-5-7-11-9/h4-7H,3,8H2,1-2H3,(H,12,14). The Bertz CT molecular complexity index is 287. The maximum atomic E-state index is 11.3. The Morgan fingerprint density at radius 2 is 2.36 bits per heavy atom. The first-order valence-corrected chi connectivity index (χ1v) is 4.63. The van der Waals surface area contributed by atoms with Gasteiger partial charge in [0.25, 0.3) is 0 Å². The summed E-state index contributed by atoms with van der Waals surface area (Å²) in [6, 6.07) is 5.56. The molecule has 0 spiro atoms. The minimum atomic E-state index is -0.0712. The first-order valence-electron chi connectivity index (χ1n) is 4.63. The Balaban J connectivity index is 2.38. The molecular formula is C10H15N3O. The Morgan fingerprint density at radius 3 is 2.93 bits per heavy atom. The van der Waals surface area contributed by atoms with E-state index in [1.807, 2.05) is 25.1 Å². The number of pyridine rings is 1. The van der Waals surface area contributed by atoms with Gasteiger partial charge in [-0.05, 0) is 19.1 Å². The van der Waals surface area contributed by atoms with Gasteiger partial charge in [-0.1, -0.05) is 6.07 Å². The van der Waals surface area contributed by atoms with E-state index < -0.39 is 0 Å². The van der Waals surface area contributed by atoms with Crippen molar-refractivity contribution in [2.24, 2.45) is 0 Å². The normalized spacial score (nSPS) is 9.57. The summed E-state index contributed by atoms with van der Waals surface area (Å²) in [4.78, 5) is 17.1. The molecule has 0 radical (unpaired) electrons. The Hall–Kier alpha value is -1.58. The molecule has 1 aromatic heterocycles. The van der Waals surface area contributed by atoms with Gasteiger partial charge in [-0.3, -0.25) is 4.98 Å². The molecule has 76 valence electrons. The monoisotopic (exact) mass is 193 g/mol. The van der Waals surface area contributed by atoms with Crippen LogP contribution in [0.25, 0.3) is 0 Å².